The fourth-order valence-electron chi connectivity index (χ4n) is 1.39. The Morgan fingerprint density at radius 2 is 2.24 bits per heavy atom. The molecule has 0 aliphatic heterocycles. The number of carbonyl (C=O) groups is 1. The van der Waals surface area contributed by atoms with Crippen LogP contribution in [0.5, 0.6) is 0 Å². The molecule has 0 bridgehead atoms. The van der Waals surface area contributed by atoms with Crippen LogP contribution in [-0.4, -0.2) is 47.3 Å². The SMILES string of the molecule is O=C(O)c1cccnc1N(CCO)CC(F)F. The second-order valence-corrected chi connectivity index (χ2v) is 3.24. The summed E-state index contributed by atoms with van der Waals surface area (Å²) in [5.41, 5.74) is -0.165. The highest BCUT2D eigenvalue weighted by Crippen LogP contribution is 2.17. The lowest BCUT2D eigenvalue weighted by Gasteiger charge is -2.23. The number of aliphatic hydroxyl groups is 1. The molecule has 17 heavy (non-hydrogen) atoms. The van der Waals surface area contributed by atoms with Crippen molar-refractivity contribution in [3.05, 3.63) is 23.9 Å². The number of nitrogens with zero attached hydrogens (tertiary/aromatic N) is 2. The van der Waals surface area contributed by atoms with Crippen molar-refractivity contribution in [1.29, 1.82) is 0 Å². The molecule has 0 saturated heterocycles. The molecule has 0 aliphatic carbocycles. The van der Waals surface area contributed by atoms with Gasteiger partial charge in [0, 0.05) is 12.7 Å². The number of anilines is 1. The average molecular weight is 246 g/mol. The van der Waals surface area contributed by atoms with Crippen molar-refractivity contribution >= 4 is 11.8 Å². The molecule has 0 unspecified atom stereocenters. The number of alkyl halides is 2. The van der Waals surface area contributed by atoms with Crippen molar-refractivity contribution < 1.29 is 23.8 Å². The number of carboxylic acids is 1. The molecule has 5 nitrogen and oxygen atoms in total. The van der Waals surface area contributed by atoms with Crippen molar-refractivity contribution in [2.45, 2.75) is 6.43 Å². The summed E-state index contributed by atoms with van der Waals surface area (Å²) in [7, 11) is 0. The molecule has 1 rings (SSSR count). The molecular weight excluding hydrogens is 234 g/mol. The maximum atomic E-state index is 12.3. The van der Waals surface area contributed by atoms with Gasteiger partial charge in [0.1, 0.15) is 11.4 Å². The lowest BCUT2D eigenvalue weighted by atomic mass is 10.2. The van der Waals surface area contributed by atoms with Gasteiger partial charge in [-0.2, -0.15) is 0 Å². The fraction of sp³-hybridized carbons (Fsp3) is 0.400. The van der Waals surface area contributed by atoms with Gasteiger partial charge in [-0.1, -0.05) is 0 Å². The Morgan fingerprint density at radius 1 is 1.53 bits per heavy atom. The number of rotatable bonds is 6. The number of aromatic nitrogens is 1. The minimum absolute atomic E-state index is 0.0608. The molecule has 1 heterocycles. The predicted molar refractivity (Wildman–Crippen MR) is 56.5 cm³/mol. The van der Waals surface area contributed by atoms with Crippen LogP contribution in [0.2, 0.25) is 0 Å². The fourth-order valence-corrected chi connectivity index (χ4v) is 1.39. The van der Waals surface area contributed by atoms with Crippen molar-refractivity contribution in [1.82, 2.24) is 4.98 Å². The third-order valence-corrected chi connectivity index (χ3v) is 2.04. The van der Waals surface area contributed by atoms with Gasteiger partial charge in [0.2, 0.25) is 0 Å². The van der Waals surface area contributed by atoms with Crippen LogP contribution in [0.4, 0.5) is 14.6 Å². The smallest absolute Gasteiger partial charge is 0.339 e. The molecule has 0 saturated carbocycles. The molecule has 0 amide bonds. The number of pyridine rings is 1. The highest BCUT2D eigenvalue weighted by molar-refractivity contribution is 5.93. The summed E-state index contributed by atoms with van der Waals surface area (Å²) in [6, 6.07) is 2.69. The van der Waals surface area contributed by atoms with Crippen LogP contribution in [0.3, 0.4) is 0 Å². The van der Waals surface area contributed by atoms with Crippen molar-refractivity contribution in [2.75, 3.05) is 24.6 Å². The number of hydrogen-bond donors (Lipinski definition) is 2. The molecule has 0 atom stereocenters. The van der Waals surface area contributed by atoms with E-state index in [1.165, 1.54) is 18.3 Å². The molecule has 0 radical (unpaired) electrons. The van der Waals surface area contributed by atoms with Gasteiger partial charge in [-0.05, 0) is 12.1 Å². The van der Waals surface area contributed by atoms with E-state index in [0.29, 0.717) is 0 Å². The monoisotopic (exact) mass is 246 g/mol. The zero-order valence-electron chi connectivity index (χ0n) is 8.88. The van der Waals surface area contributed by atoms with E-state index in [9.17, 15) is 13.6 Å². The highest BCUT2D eigenvalue weighted by atomic mass is 19.3. The average Bonchev–Trinajstić information content (AvgIpc) is 2.28. The van der Waals surface area contributed by atoms with Crippen molar-refractivity contribution in [3.8, 4) is 0 Å². The van der Waals surface area contributed by atoms with E-state index in [2.05, 4.69) is 4.98 Å². The molecule has 0 aromatic carbocycles. The molecule has 1 aromatic rings. The number of aromatic carboxylic acids is 1. The van der Waals surface area contributed by atoms with E-state index >= 15 is 0 Å². The Labute approximate surface area is 96.3 Å². The van der Waals surface area contributed by atoms with E-state index in [1.807, 2.05) is 0 Å². The summed E-state index contributed by atoms with van der Waals surface area (Å²) in [5.74, 6) is -1.31. The summed E-state index contributed by atoms with van der Waals surface area (Å²) in [5, 5.41) is 17.7. The Balaban J connectivity index is 3.04. The molecular formula is C10H12F2N2O3. The molecule has 94 valence electrons. The van der Waals surface area contributed by atoms with Crippen LogP contribution in [0.25, 0.3) is 0 Å². The van der Waals surface area contributed by atoms with Crippen LogP contribution < -0.4 is 4.90 Å². The number of carboxylic acid groups (broad SMARTS) is 1. The van der Waals surface area contributed by atoms with E-state index < -0.39 is 18.9 Å². The van der Waals surface area contributed by atoms with Gasteiger partial charge in [-0.3, -0.25) is 0 Å². The number of aliphatic hydroxyl groups excluding tert-OH is 1. The Morgan fingerprint density at radius 3 is 2.76 bits per heavy atom. The summed E-state index contributed by atoms with van der Waals surface area (Å²) in [6.07, 6.45) is -1.32. The van der Waals surface area contributed by atoms with Crippen LogP contribution >= 0.6 is 0 Å². The highest BCUT2D eigenvalue weighted by Gasteiger charge is 2.19. The van der Waals surface area contributed by atoms with Gasteiger partial charge in [-0.25, -0.2) is 18.6 Å². The van der Waals surface area contributed by atoms with Crippen LogP contribution in [0, 0.1) is 0 Å². The van der Waals surface area contributed by atoms with E-state index in [4.69, 9.17) is 10.2 Å². The summed E-state index contributed by atoms with van der Waals surface area (Å²) in [4.78, 5) is 15.7. The normalized spacial score (nSPS) is 10.6. The quantitative estimate of drug-likeness (QED) is 0.778. The standard InChI is InChI=1S/C10H12F2N2O3/c11-8(12)6-14(4-5-15)9-7(10(16)17)2-1-3-13-9/h1-3,8,15H,4-6H2,(H,16,17). The van der Waals surface area contributed by atoms with E-state index in [-0.39, 0.29) is 24.5 Å². The third kappa shape index (κ3) is 3.63. The Hall–Kier alpha value is -1.76. The zero-order chi connectivity index (χ0) is 12.8. The van der Waals surface area contributed by atoms with Gasteiger partial charge in [0.05, 0.1) is 13.2 Å². The van der Waals surface area contributed by atoms with Crippen LogP contribution in [0.1, 0.15) is 10.4 Å². The maximum absolute atomic E-state index is 12.3. The van der Waals surface area contributed by atoms with Gasteiger partial charge in [-0.15, -0.1) is 0 Å². The Bertz CT molecular complexity index is 388. The zero-order valence-corrected chi connectivity index (χ0v) is 8.88. The summed E-state index contributed by atoms with van der Waals surface area (Å²) >= 11 is 0. The second-order valence-electron chi connectivity index (χ2n) is 3.24. The molecule has 0 aliphatic rings. The van der Waals surface area contributed by atoms with Crippen LogP contribution in [0.15, 0.2) is 18.3 Å². The van der Waals surface area contributed by atoms with Gasteiger partial charge in [0.25, 0.3) is 6.43 Å². The lowest BCUT2D eigenvalue weighted by Crippen LogP contribution is -2.33. The molecule has 0 spiro atoms. The molecule has 7 heteroatoms. The summed E-state index contributed by atoms with van der Waals surface area (Å²) in [6.45, 7) is -1.12. The Kier molecular flexibility index (Phi) is 4.77. The first-order valence-electron chi connectivity index (χ1n) is 4.88. The number of halogens is 2. The van der Waals surface area contributed by atoms with Crippen LogP contribution in [-0.2, 0) is 0 Å². The van der Waals surface area contributed by atoms with Gasteiger partial charge in [0.15, 0.2) is 0 Å². The first kappa shape index (κ1) is 13.3. The third-order valence-electron chi connectivity index (χ3n) is 2.04. The number of hydrogen-bond acceptors (Lipinski definition) is 4. The minimum atomic E-state index is -2.63. The molecule has 0 fully saturated rings. The van der Waals surface area contributed by atoms with Crippen molar-refractivity contribution in [3.63, 3.8) is 0 Å². The largest absolute Gasteiger partial charge is 0.478 e. The topological polar surface area (TPSA) is 73.7 Å². The first-order valence-corrected chi connectivity index (χ1v) is 4.88. The van der Waals surface area contributed by atoms with E-state index in [0.717, 1.165) is 4.90 Å². The van der Waals surface area contributed by atoms with Gasteiger partial charge < -0.3 is 15.1 Å². The first-order chi connectivity index (χ1) is 8.06. The maximum Gasteiger partial charge on any atom is 0.339 e. The second kappa shape index (κ2) is 6.09. The minimum Gasteiger partial charge on any atom is -0.478 e. The predicted octanol–water partition coefficient (Wildman–Crippen LogP) is 0.844. The molecule has 2 N–H and O–H groups in total. The lowest BCUT2D eigenvalue weighted by molar-refractivity contribution is 0.0696. The molecule has 1 aromatic heterocycles. The van der Waals surface area contributed by atoms with Crippen molar-refractivity contribution in [2.24, 2.45) is 0 Å². The summed E-state index contributed by atoms with van der Waals surface area (Å²) < 4.78 is 24.7. The van der Waals surface area contributed by atoms with E-state index in [1.54, 1.807) is 0 Å². The van der Waals surface area contributed by atoms with Gasteiger partial charge >= 0.3 is 5.97 Å².